The average molecular weight is 359 g/mol. The van der Waals surface area contributed by atoms with E-state index in [1.807, 2.05) is 6.07 Å². The van der Waals surface area contributed by atoms with E-state index in [0.29, 0.717) is 0 Å². The quantitative estimate of drug-likeness (QED) is 0.725. The van der Waals surface area contributed by atoms with Crippen LogP contribution in [0.15, 0.2) is 83.9 Å². The lowest BCUT2D eigenvalue weighted by Crippen LogP contribution is -3.01. The van der Waals surface area contributed by atoms with Crippen LogP contribution in [0.1, 0.15) is 20.3 Å². The van der Waals surface area contributed by atoms with Crippen molar-refractivity contribution >= 4 is 22.7 Å². The molecule has 138 valence electrons. The summed E-state index contributed by atoms with van der Waals surface area (Å²) < 4.78 is 0. The fourth-order valence-corrected chi connectivity index (χ4v) is 3.95. The number of nitrogens with two attached hydrogens (primary N) is 1. The molecule has 1 atom stereocenters. The van der Waals surface area contributed by atoms with Crippen LogP contribution in [0.4, 0.5) is 22.7 Å². The first-order chi connectivity index (χ1) is 13.2. The molecule has 2 aromatic carbocycles. The van der Waals surface area contributed by atoms with Crippen LogP contribution in [0.25, 0.3) is 0 Å². The van der Waals surface area contributed by atoms with E-state index in [9.17, 15) is 0 Å². The molecule has 0 amide bonds. The van der Waals surface area contributed by atoms with Crippen molar-refractivity contribution in [2.24, 2.45) is 0 Å². The molecule has 4 heteroatoms. The Hall–Kier alpha value is -2.98. The molecule has 0 saturated heterocycles. The number of quaternary nitrogens is 1. The van der Waals surface area contributed by atoms with Crippen molar-refractivity contribution in [3.63, 3.8) is 0 Å². The summed E-state index contributed by atoms with van der Waals surface area (Å²) in [5.74, 6) is 0. The van der Waals surface area contributed by atoms with Crippen molar-refractivity contribution in [3.8, 4) is 0 Å². The Morgan fingerprint density at radius 1 is 1.04 bits per heavy atom. The largest absolute Gasteiger partial charge is 0.399 e. The molecular formula is C23H27N4+. The monoisotopic (exact) mass is 359 g/mol. The van der Waals surface area contributed by atoms with Gasteiger partial charge in [0.15, 0.2) is 11.4 Å². The van der Waals surface area contributed by atoms with Gasteiger partial charge in [0.1, 0.15) is 17.1 Å². The molecule has 2 aromatic rings. The first-order valence-electron chi connectivity index (χ1n) is 9.67. The van der Waals surface area contributed by atoms with Crippen LogP contribution in [-0.4, -0.2) is 18.0 Å². The second kappa shape index (κ2) is 7.33. The molecular weight excluding hydrogens is 332 g/mol. The van der Waals surface area contributed by atoms with Gasteiger partial charge in [-0.1, -0.05) is 18.2 Å². The fourth-order valence-electron chi connectivity index (χ4n) is 3.95. The molecule has 4 nitrogen and oxygen atoms in total. The van der Waals surface area contributed by atoms with Gasteiger partial charge in [0.2, 0.25) is 0 Å². The minimum absolute atomic E-state index is 0.785. The molecule has 0 saturated carbocycles. The number of para-hydroxylation sites is 1. The molecule has 27 heavy (non-hydrogen) atoms. The number of hydrogen-bond acceptors (Lipinski definition) is 3. The van der Waals surface area contributed by atoms with E-state index in [-0.39, 0.29) is 0 Å². The summed E-state index contributed by atoms with van der Waals surface area (Å²) >= 11 is 0. The van der Waals surface area contributed by atoms with Gasteiger partial charge in [-0.3, -0.25) is 0 Å². The van der Waals surface area contributed by atoms with Crippen LogP contribution >= 0.6 is 0 Å². The van der Waals surface area contributed by atoms with Gasteiger partial charge in [0.25, 0.3) is 0 Å². The van der Waals surface area contributed by atoms with Crippen molar-refractivity contribution in [1.82, 2.24) is 4.90 Å². The van der Waals surface area contributed by atoms with E-state index in [4.69, 9.17) is 5.73 Å². The van der Waals surface area contributed by atoms with Gasteiger partial charge in [-0.15, -0.1) is 0 Å². The Labute approximate surface area is 161 Å². The Morgan fingerprint density at radius 3 is 2.56 bits per heavy atom. The zero-order valence-corrected chi connectivity index (χ0v) is 16.0. The van der Waals surface area contributed by atoms with E-state index in [1.165, 1.54) is 22.0 Å². The third kappa shape index (κ3) is 3.24. The maximum Gasteiger partial charge on any atom is 0.167 e. The van der Waals surface area contributed by atoms with Crippen LogP contribution in [-0.2, 0) is 0 Å². The highest BCUT2D eigenvalue weighted by molar-refractivity contribution is 5.73. The van der Waals surface area contributed by atoms with Crippen molar-refractivity contribution in [2.75, 3.05) is 24.1 Å². The number of nitrogens with one attached hydrogen (secondary N) is 2. The number of anilines is 2. The molecule has 4 rings (SSSR count). The highest BCUT2D eigenvalue weighted by Crippen LogP contribution is 2.32. The zero-order valence-electron chi connectivity index (χ0n) is 16.0. The van der Waals surface area contributed by atoms with Crippen LogP contribution in [0.2, 0.25) is 0 Å². The highest BCUT2D eigenvalue weighted by atomic mass is 15.2. The van der Waals surface area contributed by atoms with Crippen LogP contribution in [0, 0.1) is 0 Å². The molecule has 4 N–H and O–H groups in total. The second-order valence-electron chi connectivity index (χ2n) is 6.90. The molecule has 1 aliphatic heterocycles. The van der Waals surface area contributed by atoms with Gasteiger partial charge in [-0.05, 0) is 56.3 Å². The van der Waals surface area contributed by atoms with Crippen LogP contribution in [0.5, 0.6) is 0 Å². The average Bonchev–Trinajstić information content (AvgIpc) is 2.91. The Morgan fingerprint density at radius 2 is 1.81 bits per heavy atom. The minimum atomic E-state index is 0.785. The summed E-state index contributed by atoms with van der Waals surface area (Å²) in [5, 5.41) is 3.61. The molecule has 0 bridgehead atoms. The predicted molar refractivity (Wildman–Crippen MR) is 113 cm³/mol. The van der Waals surface area contributed by atoms with E-state index in [2.05, 4.69) is 84.8 Å². The number of nitrogens with zero attached hydrogens (tertiary/aromatic N) is 1. The minimum Gasteiger partial charge on any atom is -0.399 e. The predicted octanol–water partition coefficient (Wildman–Crippen LogP) is 3.94. The van der Waals surface area contributed by atoms with Gasteiger partial charge >= 0.3 is 0 Å². The fraction of sp³-hybridized carbons (Fsp3) is 0.217. The summed E-state index contributed by atoms with van der Waals surface area (Å²) in [6.45, 7) is 6.46. The number of hydrogen-bond donors (Lipinski definition) is 3. The molecule has 1 unspecified atom stereocenters. The number of fused-ring (bicyclic) bond motifs is 2. The van der Waals surface area contributed by atoms with Gasteiger partial charge in [-0.25, -0.2) is 4.90 Å². The van der Waals surface area contributed by atoms with Crippen molar-refractivity contribution < 1.29 is 4.90 Å². The normalized spacial score (nSPS) is 18.1. The van der Waals surface area contributed by atoms with Crippen LogP contribution in [0.3, 0.4) is 0 Å². The maximum atomic E-state index is 6.13. The third-order valence-electron chi connectivity index (χ3n) is 5.33. The third-order valence-corrected chi connectivity index (χ3v) is 5.33. The molecule has 0 fully saturated rings. The van der Waals surface area contributed by atoms with E-state index in [0.717, 1.165) is 42.3 Å². The van der Waals surface area contributed by atoms with Crippen molar-refractivity contribution in [1.29, 1.82) is 0 Å². The smallest absolute Gasteiger partial charge is 0.167 e. The van der Waals surface area contributed by atoms with E-state index < -0.39 is 0 Å². The summed E-state index contributed by atoms with van der Waals surface area (Å²) in [6.07, 6.45) is 7.75. The number of nitrogen functional groups attached to an aromatic ring is 1. The van der Waals surface area contributed by atoms with Gasteiger partial charge < -0.3 is 16.0 Å². The van der Waals surface area contributed by atoms with Crippen molar-refractivity contribution in [2.45, 2.75) is 20.3 Å². The summed E-state index contributed by atoms with van der Waals surface area (Å²) in [6, 6.07) is 16.7. The standard InChI is InChI=1S/C23H26N4/c1-3-26(4-2)18-11-14-20-22(15-12-18)27(19-8-6-5-7-9-19)23-16-17(24)10-13-21(23)25-20/h5-11,13-16,25H,3-4,12,24H2,1-2H3/p+1. The molecule has 2 aliphatic rings. The van der Waals surface area contributed by atoms with E-state index in [1.54, 1.807) is 0 Å². The Kier molecular flexibility index (Phi) is 4.73. The molecule has 1 heterocycles. The number of rotatable bonds is 4. The van der Waals surface area contributed by atoms with Crippen LogP contribution < -0.4 is 16.0 Å². The van der Waals surface area contributed by atoms with Gasteiger partial charge in [-0.2, -0.15) is 0 Å². The number of benzene rings is 2. The lowest BCUT2D eigenvalue weighted by atomic mass is 10.1. The molecule has 0 aromatic heterocycles. The lowest BCUT2D eigenvalue weighted by molar-refractivity contribution is -0.712. The summed E-state index contributed by atoms with van der Waals surface area (Å²) in [4.78, 5) is 3.66. The summed E-state index contributed by atoms with van der Waals surface area (Å²) in [7, 11) is 0. The van der Waals surface area contributed by atoms with Gasteiger partial charge in [0, 0.05) is 37.0 Å². The Bertz CT molecular complexity index is 921. The van der Waals surface area contributed by atoms with E-state index >= 15 is 0 Å². The second-order valence-corrected chi connectivity index (χ2v) is 6.90. The van der Waals surface area contributed by atoms with Gasteiger partial charge in [0.05, 0.1) is 0 Å². The highest BCUT2D eigenvalue weighted by Gasteiger charge is 2.33. The molecule has 0 radical (unpaired) electrons. The lowest BCUT2D eigenvalue weighted by Gasteiger charge is -2.30. The van der Waals surface area contributed by atoms with Crippen molar-refractivity contribution in [3.05, 3.63) is 83.9 Å². The first kappa shape index (κ1) is 17.4. The summed E-state index contributed by atoms with van der Waals surface area (Å²) in [5.41, 5.74) is 14.1. The SMILES string of the molecule is CCN(CC)C1=CC=C2Nc3ccc(N)cc3[NH+](c3ccccc3)C2=CC1. The number of allylic oxidation sites excluding steroid dienone is 3. The molecule has 1 aliphatic carbocycles. The molecule has 0 spiro atoms. The maximum absolute atomic E-state index is 6.13. The topological polar surface area (TPSA) is 45.7 Å². The first-order valence-corrected chi connectivity index (χ1v) is 9.67. The Balaban J connectivity index is 1.84. The zero-order chi connectivity index (χ0) is 18.8.